The Balaban J connectivity index is 2.08. The van der Waals surface area contributed by atoms with Gasteiger partial charge in [-0.3, -0.25) is 0 Å². The molecule has 6 heteroatoms. The fraction of sp³-hybridized carbons (Fsp3) is 0.231. The predicted octanol–water partition coefficient (Wildman–Crippen LogP) is 3.24. The van der Waals surface area contributed by atoms with Crippen LogP contribution in [0.2, 0.25) is 0 Å². The highest BCUT2D eigenvalue weighted by atomic mass is 19.3. The molecule has 19 heavy (non-hydrogen) atoms. The smallest absolute Gasteiger partial charge is 0.387 e. The number of halogens is 2. The van der Waals surface area contributed by atoms with Crippen LogP contribution in [0.25, 0.3) is 0 Å². The van der Waals surface area contributed by atoms with Crippen LogP contribution in [0.5, 0.6) is 11.5 Å². The van der Waals surface area contributed by atoms with E-state index >= 15 is 0 Å². The first-order valence-electron chi connectivity index (χ1n) is 5.68. The summed E-state index contributed by atoms with van der Waals surface area (Å²) in [6, 6.07) is 8.60. The molecule has 2 N–H and O–H groups in total. The molecule has 0 aliphatic carbocycles. The minimum atomic E-state index is -2.88. The minimum Gasteiger partial charge on any atom is -0.493 e. The Morgan fingerprint density at radius 3 is 2.74 bits per heavy atom. The summed E-state index contributed by atoms with van der Waals surface area (Å²) in [6.07, 6.45) is 1.82. The summed E-state index contributed by atoms with van der Waals surface area (Å²) in [5.41, 5.74) is 1.66. The monoisotopic (exact) mass is 268 g/mol. The lowest BCUT2D eigenvalue weighted by atomic mass is 10.2. The summed E-state index contributed by atoms with van der Waals surface area (Å²) in [5, 5.41) is 3.10. The average Bonchev–Trinajstić information content (AvgIpc) is 2.89. The maximum Gasteiger partial charge on any atom is 0.387 e. The van der Waals surface area contributed by atoms with E-state index < -0.39 is 6.61 Å². The van der Waals surface area contributed by atoms with Gasteiger partial charge in [0.1, 0.15) is 0 Å². The van der Waals surface area contributed by atoms with E-state index in [-0.39, 0.29) is 11.5 Å². The number of aromatic amines is 1. The molecule has 0 aliphatic rings. The van der Waals surface area contributed by atoms with Crippen molar-refractivity contribution in [3.8, 4) is 11.5 Å². The van der Waals surface area contributed by atoms with Gasteiger partial charge in [0, 0.05) is 23.6 Å². The predicted molar refractivity (Wildman–Crippen MR) is 67.7 cm³/mol. The number of nitrogens with one attached hydrogen (secondary N) is 2. The molecule has 0 saturated heterocycles. The summed E-state index contributed by atoms with van der Waals surface area (Å²) >= 11 is 0. The van der Waals surface area contributed by atoms with Crippen molar-refractivity contribution in [2.45, 2.75) is 13.2 Å². The van der Waals surface area contributed by atoms with Crippen LogP contribution in [0.4, 0.5) is 14.5 Å². The van der Waals surface area contributed by atoms with Crippen LogP contribution >= 0.6 is 0 Å². The van der Waals surface area contributed by atoms with Crippen molar-refractivity contribution >= 4 is 5.69 Å². The fourth-order valence-electron chi connectivity index (χ4n) is 1.65. The summed E-state index contributed by atoms with van der Waals surface area (Å²) in [6.45, 7) is -2.32. The molecule has 0 bridgehead atoms. The van der Waals surface area contributed by atoms with Gasteiger partial charge in [-0.1, -0.05) is 0 Å². The first kappa shape index (κ1) is 13.2. The zero-order chi connectivity index (χ0) is 13.7. The van der Waals surface area contributed by atoms with E-state index in [0.29, 0.717) is 12.2 Å². The lowest BCUT2D eigenvalue weighted by Crippen LogP contribution is -2.05. The molecule has 0 radical (unpaired) electrons. The molecule has 0 unspecified atom stereocenters. The van der Waals surface area contributed by atoms with Crippen molar-refractivity contribution < 1.29 is 18.3 Å². The number of alkyl halides is 2. The molecule has 1 heterocycles. The third-order valence-corrected chi connectivity index (χ3v) is 2.53. The number of hydrogen-bond acceptors (Lipinski definition) is 3. The second kappa shape index (κ2) is 6.08. The molecule has 0 fully saturated rings. The maximum atomic E-state index is 12.3. The normalized spacial score (nSPS) is 10.5. The molecule has 2 aromatic rings. The van der Waals surface area contributed by atoms with Crippen molar-refractivity contribution in [3.63, 3.8) is 0 Å². The molecule has 0 atom stereocenters. The van der Waals surface area contributed by atoms with E-state index in [1.807, 2.05) is 18.3 Å². The number of aromatic nitrogens is 1. The van der Waals surface area contributed by atoms with Crippen molar-refractivity contribution in [2.75, 3.05) is 12.4 Å². The van der Waals surface area contributed by atoms with Crippen LogP contribution in [0.1, 0.15) is 5.69 Å². The van der Waals surface area contributed by atoms with E-state index in [9.17, 15) is 8.78 Å². The third kappa shape index (κ3) is 3.61. The third-order valence-electron chi connectivity index (χ3n) is 2.53. The molecule has 102 valence electrons. The van der Waals surface area contributed by atoms with Crippen LogP contribution in [0.15, 0.2) is 36.5 Å². The topological polar surface area (TPSA) is 46.3 Å². The second-order valence-corrected chi connectivity index (χ2v) is 3.79. The lowest BCUT2D eigenvalue weighted by molar-refractivity contribution is -0.0511. The number of ether oxygens (including phenoxy) is 2. The van der Waals surface area contributed by atoms with Gasteiger partial charge in [0.15, 0.2) is 11.5 Å². The molecular formula is C13H14F2N2O2. The fourth-order valence-corrected chi connectivity index (χ4v) is 1.65. The summed E-state index contributed by atoms with van der Waals surface area (Å²) in [5.74, 6) is 0.278. The Morgan fingerprint density at radius 1 is 1.26 bits per heavy atom. The highest BCUT2D eigenvalue weighted by Crippen LogP contribution is 2.31. The van der Waals surface area contributed by atoms with Gasteiger partial charge in [-0.15, -0.1) is 0 Å². The van der Waals surface area contributed by atoms with Crippen LogP contribution in [0, 0.1) is 0 Å². The molecule has 0 aliphatic heterocycles. The number of benzene rings is 1. The standard InChI is InChI=1S/C13H14F2N2O2/c1-18-11-5-4-9(7-12(11)19-13(14)15)17-8-10-3-2-6-16-10/h2-7,13,16-17H,8H2,1H3. The van der Waals surface area contributed by atoms with Crippen molar-refractivity contribution in [1.82, 2.24) is 4.98 Å². The Morgan fingerprint density at radius 2 is 2.11 bits per heavy atom. The Kier molecular flexibility index (Phi) is 4.22. The Labute approximate surface area is 109 Å². The van der Waals surface area contributed by atoms with Crippen LogP contribution in [-0.4, -0.2) is 18.7 Å². The van der Waals surface area contributed by atoms with Gasteiger partial charge < -0.3 is 19.8 Å². The Hall–Kier alpha value is -2.24. The van der Waals surface area contributed by atoms with Gasteiger partial charge in [0.05, 0.1) is 13.7 Å². The average molecular weight is 268 g/mol. The lowest BCUT2D eigenvalue weighted by Gasteiger charge is -2.12. The number of hydrogen-bond donors (Lipinski definition) is 2. The van der Waals surface area contributed by atoms with Gasteiger partial charge >= 0.3 is 6.61 Å². The summed E-state index contributed by atoms with van der Waals surface area (Å²) in [7, 11) is 1.40. The first-order chi connectivity index (χ1) is 9.19. The van der Waals surface area contributed by atoms with Crippen molar-refractivity contribution in [2.24, 2.45) is 0 Å². The number of anilines is 1. The molecule has 0 amide bonds. The zero-order valence-corrected chi connectivity index (χ0v) is 10.3. The van der Waals surface area contributed by atoms with E-state index in [2.05, 4.69) is 15.0 Å². The first-order valence-corrected chi connectivity index (χ1v) is 5.68. The van der Waals surface area contributed by atoms with Crippen LogP contribution in [-0.2, 0) is 6.54 Å². The molecule has 4 nitrogen and oxygen atoms in total. The molecule has 2 rings (SSSR count). The number of rotatable bonds is 6. The molecule has 1 aromatic carbocycles. The van der Waals surface area contributed by atoms with E-state index in [1.54, 1.807) is 12.1 Å². The summed E-state index contributed by atoms with van der Waals surface area (Å²) < 4.78 is 33.9. The van der Waals surface area contributed by atoms with E-state index in [0.717, 1.165) is 5.69 Å². The SMILES string of the molecule is COc1ccc(NCc2ccc[nH]2)cc1OC(F)F. The van der Waals surface area contributed by atoms with Crippen LogP contribution < -0.4 is 14.8 Å². The van der Waals surface area contributed by atoms with Crippen LogP contribution in [0.3, 0.4) is 0 Å². The molecule has 0 saturated carbocycles. The maximum absolute atomic E-state index is 12.3. The quantitative estimate of drug-likeness (QED) is 0.845. The molecule has 0 spiro atoms. The van der Waals surface area contributed by atoms with Crippen molar-refractivity contribution in [3.05, 3.63) is 42.2 Å². The van der Waals surface area contributed by atoms with Gasteiger partial charge in [-0.25, -0.2) is 0 Å². The second-order valence-electron chi connectivity index (χ2n) is 3.79. The largest absolute Gasteiger partial charge is 0.493 e. The highest BCUT2D eigenvalue weighted by Gasteiger charge is 2.11. The summed E-state index contributed by atoms with van der Waals surface area (Å²) in [4.78, 5) is 3.04. The zero-order valence-electron chi connectivity index (χ0n) is 10.3. The van der Waals surface area contributed by atoms with E-state index in [4.69, 9.17) is 4.74 Å². The number of methoxy groups -OCH3 is 1. The number of H-pyrrole nitrogens is 1. The van der Waals surface area contributed by atoms with Gasteiger partial charge in [0.25, 0.3) is 0 Å². The van der Waals surface area contributed by atoms with Crippen molar-refractivity contribution in [1.29, 1.82) is 0 Å². The highest BCUT2D eigenvalue weighted by molar-refractivity contribution is 5.54. The van der Waals surface area contributed by atoms with E-state index in [1.165, 1.54) is 13.2 Å². The van der Waals surface area contributed by atoms with Gasteiger partial charge in [-0.05, 0) is 24.3 Å². The van der Waals surface area contributed by atoms with Gasteiger partial charge in [-0.2, -0.15) is 8.78 Å². The minimum absolute atomic E-state index is 0.00832. The molecular weight excluding hydrogens is 254 g/mol. The van der Waals surface area contributed by atoms with Gasteiger partial charge in [0.2, 0.25) is 0 Å². The molecule has 1 aromatic heterocycles. The Bertz CT molecular complexity index is 515.